The molecule has 1 aromatic carbocycles. The lowest BCUT2D eigenvalue weighted by Crippen LogP contribution is -1.91. The Hall–Kier alpha value is -1.06. The second kappa shape index (κ2) is 4.21. The molecular weight excluding hydrogens is 275 g/mol. The number of nitrogen functional groups attached to an aromatic ring is 1. The third-order valence-electron chi connectivity index (χ3n) is 2.05. The molecule has 2 nitrogen and oxygen atoms in total. The average molecular weight is 284 g/mol. The van der Waals surface area contributed by atoms with Crippen LogP contribution in [-0.4, -0.2) is 4.98 Å². The number of pyridine rings is 1. The normalized spacial score (nSPS) is 10.3. The number of hydrogen-bond acceptors (Lipinski definition) is 2. The van der Waals surface area contributed by atoms with Crippen LogP contribution in [0.2, 0.25) is 5.02 Å². The van der Waals surface area contributed by atoms with Crippen LogP contribution in [-0.2, 0) is 0 Å². The minimum atomic E-state index is 0.493. The van der Waals surface area contributed by atoms with Crippen molar-refractivity contribution in [3.63, 3.8) is 0 Å². The summed E-state index contributed by atoms with van der Waals surface area (Å²) in [4.78, 5) is 4.08. The van der Waals surface area contributed by atoms with E-state index in [4.69, 9.17) is 17.3 Å². The Labute approximate surface area is 101 Å². The molecule has 76 valence electrons. The fourth-order valence-electron chi connectivity index (χ4n) is 1.25. The maximum absolute atomic E-state index is 5.81. The standard InChI is InChI=1S/C11H8BrClN2/c12-10-5-8(6-15-11(10)14)7-1-3-9(13)4-2-7/h1-6H,(H2,14,15). The van der Waals surface area contributed by atoms with E-state index in [1.807, 2.05) is 30.3 Å². The molecule has 0 radical (unpaired) electrons. The van der Waals surface area contributed by atoms with Gasteiger partial charge in [0.05, 0.1) is 4.47 Å². The summed E-state index contributed by atoms with van der Waals surface area (Å²) in [5.41, 5.74) is 7.68. The van der Waals surface area contributed by atoms with Crippen molar-refractivity contribution in [2.75, 3.05) is 5.73 Å². The molecular formula is C11H8BrClN2. The van der Waals surface area contributed by atoms with E-state index in [1.165, 1.54) is 0 Å². The zero-order valence-corrected chi connectivity index (χ0v) is 10.1. The number of nitrogens with zero attached hydrogens (tertiary/aromatic N) is 1. The molecule has 0 aliphatic rings. The number of hydrogen-bond donors (Lipinski definition) is 1. The maximum atomic E-state index is 5.81. The average Bonchev–Trinajstić information content (AvgIpc) is 2.23. The Morgan fingerprint density at radius 1 is 1.13 bits per heavy atom. The molecule has 0 unspecified atom stereocenters. The molecule has 0 bridgehead atoms. The van der Waals surface area contributed by atoms with E-state index in [9.17, 15) is 0 Å². The molecule has 4 heteroatoms. The van der Waals surface area contributed by atoms with Crippen LogP contribution in [0.1, 0.15) is 0 Å². The third kappa shape index (κ3) is 2.30. The summed E-state index contributed by atoms with van der Waals surface area (Å²) in [6, 6.07) is 9.53. The van der Waals surface area contributed by atoms with Crippen LogP contribution in [0.5, 0.6) is 0 Å². The van der Waals surface area contributed by atoms with E-state index in [1.54, 1.807) is 6.20 Å². The first-order chi connectivity index (χ1) is 7.16. The van der Waals surface area contributed by atoms with Gasteiger partial charge in [0.2, 0.25) is 0 Å². The number of nitrogens with two attached hydrogens (primary N) is 1. The van der Waals surface area contributed by atoms with E-state index in [2.05, 4.69) is 20.9 Å². The second-order valence-corrected chi connectivity index (χ2v) is 4.39. The molecule has 15 heavy (non-hydrogen) atoms. The summed E-state index contributed by atoms with van der Waals surface area (Å²) in [6.07, 6.45) is 1.74. The van der Waals surface area contributed by atoms with Gasteiger partial charge in [-0.25, -0.2) is 4.98 Å². The van der Waals surface area contributed by atoms with Gasteiger partial charge in [-0.1, -0.05) is 23.7 Å². The summed E-state index contributed by atoms with van der Waals surface area (Å²) >= 11 is 9.15. The topological polar surface area (TPSA) is 38.9 Å². The van der Waals surface area contributed by atoms with Gasteiger partial charge >= 0.3 is 0 Å². The van der Waals surface area contributed by atoms with Crippen molar-refractivity contribution in [3.05, 3.63) is 46.0 Å². The smallest absolute Gasteiger partial charge is 0.137 e. The van der Waals surface area contributed by atoms with Crippen molar-refractivity contribution in [2.45, 2.75) is 0 Å². The zero-order chi connectivity index (χ0) is 10.8. The largest absolute Gasteiger partial charge is 0.383 e. The van der Waals surface area contributed by atoms with E-state index < -0.39 is 0 Å². The van der Waals surface area contributed by atoms with Gasteiger partial charge in [-0.3, -0.25) is 0 Å². The van der Waals surface area contributed by atoms with Gasteiger partial charge in [0.15, 0.2) is 0 Å². The molecule has 0 saturated heterocycles. The van der Waals surface area contributed by atoms with Gasteiger partial charge in [0, 0.05) is 16.8 Å². The molecule has 2 N–H and O–H groups in total. The number of halogens is 2. The van der Waals surface area contributed by atoms with Crippen molar-refractivity contribution in [1.29, 1.82) is 0 Å². The molecule has 0 atom stereocenters. The second-order valence-electron chi connectivity index (χ2n) is 3.10. The highest BCUT2D eigenvalue weighted by Crippen LogP contribution is 2.26. The van der Waals surface area contributed by atoms with Crippen LogP contribution in [0.3, 0.4) is 0 Å². The zero-order valence-electron chi connectivity index (χ0n) is 7.74. The summed E-state index contributed by atoms with van der Waals surface area (Å²) in [5.74, 6) is 0.493. The van der Waals surface area contributed by atoms with Gasteiger partial charge in [-0.2, -0.15) is 0 Å². The summed E-state index contributed by atoms with van der Waals surface area (Å²) < 4.78 is 0.801. The molecule has 0 amide bonds. The van der Waals surface area contributed by atoms with E-state index >= 15 is 0 Å². The Bertz CT molecular complexity index is 482. The predicted molar refractivity (Wildman–Crippen MR) is 66.8 cm³/mol. The predicted octanol–water partition coefficient (Wildman–Crippen LogP) is 3.75. The third-order valence-corrected chi connectivity index (χ3v) is 2.93. The minimum absolute atomic E-state index is 0.493. The highest BCUT2D eigenvalue weighted by atomic mass is 79.9. The molecule has 2 aromatic rings. The van der Waals surface area contributed by atoms with Gasteiger partial charge in [0.25, 0.3) is 0 Å². The molecule has 0 spiro atoms. The summed E-state index contributed by atoms with van der Waals surface area (Å²) in [7, 11) is 0. The first kappa shape index (κ1) is 10.5. The highest BCUT2D eigenvalue weighted by Gasteiger charge is 2.01. The molecule has 0 aliphatic carbocycles. The van der Waals surface area contributed by atoms with Crippen LogP contribution in [0.25, 0.3) is 11.1 Å². The van der Waals surface area contributed by atoms with Crippen molar-refractivity contribution in [1.82, 2.24) is 4.98 Å². The van der Waals surface area contributed by atoms with Gasteiger partial charge < -0.3 is 5.73 Å². The summed E-state index contributed by atoms with van der Waals surface area (Å²) in [6.45, 7) is 0. The van der Waals surface area contributed by atoms with Gasteiger partial charge in [-0.15, -0.1) is 0 Å². The Balaban J connectivity index is 2.45. The van der Waals surface area contributed by atoms with E-state index in [-0.39, 0.29) is 0 Å². The molecule has 0 aliphatic heterocycles. The molecule has 0 fully saturated rings. The molecule has 0 saturated carbocycles. The van der Waals surface area contributed by atoms with Crippen LogP contribution in [0, 0.1) is 0 Å². The van der Waals surface area contributed by atoms with Crippen LogP contribution in [0.15, 0.2) is 41.0 Å². The van der Waals surface area contributed by atoms with Crippen molar-refractivity contribution >= 4 is 33.3 Å². The fourth-order valence-corrected chi connectivity index (χ4v) is 1.72. The monoisotopic (exact) mass is 282 g/mol. The van der Waals surface area contributed by atoms with Gasteiger partial charge in [0.1, 0.15) is 5.82 Å². The fraction of sp³-hybridized carbons (Fsp3) is 0. The first-order valence-corrected chi connectivity index (χ1v) is 5.51. The maximum Gasteiger partial charge on any atom is 0.137 e. The van der Waals surface area contributed by atoms with Crippen LogP contribution < -0.4 is 5.73 Å². The van der Waals surface area contributed by atoms with E-state index in [0.29, 0.717) is 5.82 Å². The number of benzene rings is 1. The lowest BCUT2D eigenvalue weighted by atomic mass is 10.1. The summed E-state index contributed by atoms with van der Waals surface area (Å²) in [5, 5.41) is 0.723. The van der Waals surface area contributed by atoms with Gasteiger partial charge in [-0.05, 0) is 39.7 Å². The molecule has 2 rings (SSSR count). The van der Waals surface area contributed by atoms with Crippen molar-refractivity contribution in [2.24, 2.45) is 0 Å². The lowest BCUT2D eigenvalue weighted by molar-refractivity contribution is 1.32. The highest BCUT2D eigenvalue weighted by molar-refractivity contribution is 9.10. The molecule has 1 heterocycles. The molecule has 1 aromatic heterocycles. The Morgan fingerprint density at radius 2 is 1.80 bits per heavy atom. The number of rotatable bonds is 1. The Morgan fingerprint density at radius 3 is 2.40 bits per heavy atom. The first-order valence-electron chi connectivity index (χ1n) is 4.34. The lowest BCUT2D eigenvalue weighted by Gasteiger charge is -2.03. The minimum Gasteiger partial charge on any atom is -0.383 e. The van der Waals surface area contributed by atoms with Crippen LogP contribution in [0.4, 0.5) is 5.82 Å². The number of aromatic nitrogens is 1. The van der Waals surface area contributed by atoms with Crippen LogP contribution >= 0.6 is 27.5 Å². The SMILES string of the molecule is Nc1ncc(-c2ccc(Cl)cc2)cc1Br. The van der Waals surface area contributed by atoms with Crippen molar-refractivity contribution < 1.29 is 0 Å². The van der Waals surface area contributed by atoms with E-state index in [0.717, 1.165) is 20.6 Å². The quantitative estimate of drug-likeness (QED) is 0.866. The number of anilines is 1. The van der Waals surface area contributed by atoms with Crippen molar-refractivity contribution in [3.8, 4) is 11.1 Å². The Kier molecular flexibility index (Phi) is 2.93.